The Labute approximate surface area is 119 Å². The van der Waals surface area contributed by atoms with Crippen LogP contribution >= 0.6 is 22.7 Å². The number of nitrogens with one attached hydrogen (secondary N) is 1. The third-order valence-electron chi connectivity index (χ3n) is 2.50. The Balaban J connectivity index is 1.91. The maximum absolute atomic E-state index is 11.8. The smallest absolute Gasteiger partial charge is 0.252 e. The van der Waals surface area contributed by atoms with Gasteiger partial charge in [-0.05, 0) is 22.9 Å². The van der Waals surface area contributed by atoms with Gasteiger partial charge in [0.15, 0.2) is 0 Å². The summed E-state index contributed by atoms with van der Waals surface area (Å²) in [5.74, 6) is -0.101. The fourth-order valence-electron chi connectivity index (χ4n) is 1.59. The molecule has 2 N–H and O–H groups in total. The summed E-state index contributed by atoms with van der Waals surface area (Å²) in [5, 5.41) is 17.3. The number of hydrogen-bond acceptors (Lipinski definition) is 5. The van der Waals surface area contributed by atoms with E-state index in [1.807, 2.05) is 28.3 Å². The van der Waals surface area contributed by atoms with Crippen molar-refractivity contribution in [3.8, 4) is 0 Å². The SMILES string of the molecule is O=C(NCC(OCCO)c1cccs1)c1ccsc1. The summed E-state index contributed by atoms with van der Waals surface area (Å²) < 4.78 is 5.55. The standard InChI is InChI=1S/C13H15NO3S2/c15-4-5-17-11(12-2-1-6-19-12)8-14-13(16)10-3-7-18-9-10/h1-3,6-7,9,11,15H,4-5,8H2,(H,14,16). The van der Waals surface area contributed by atoms with Gasteiger partial charge in [-0.3, -0.25) is 4.79 Å². The van der Waals surface area contributed by atoms with Crippen LogP contribution in [-0.2, 0) is 4.74 Å². The van der Waals surface area contributed by atoms with Gasteiger partial charge in [-0.1, -0.05) is 6.07 Å². The summed E-state index contributed by atoms with van der Waals surface area (Å²) in [6.45, 7) is 0.631. The number of thiophene rings is 2. The Morgan fingerprint density at radius 3 is 2.95 bits per heavy atom. The zero-order valence-electron chi connectivity index (χ0n) is 10.2. The molecule has 2 rings (SSSR count). The van der Waals surface area contributed by atoms with Crippen LogP contribution in [0.4, 0.5) is 0 Å². The lowest BCUT2D eigenvalue weighted by Gasteiger charge is -2.16. The van der Waals surface area contributed by atoms with Crippen molar-refractivity contribution in [2.45, 2.75) is 6.10 Å². The van der Waals surface area contributed by atoms with Crippen LogP contribution in [0.5, 0.6) is 0 Å². The molecule has 0 fully saturated rings. The summed E-state index contributed by atoms with van der Waals surface area (Å²) in [7, 11) is 0. The lowest BCUT2D eigenvalue weighted by atomic mass is 10.2. The number of rotatable bonds is 7. The van der Waals surface area contributed by atoms with Crippen molar-refractivity contribution in [3.05, 3.63) is 44.8 Å². The fraction of sp³-hybridized carbons (Fsp3) is 0.308. The molecule has 0 spiro atoms. The highest BCUT2D eigenvalue weighted by molar-refractivity contribution is 7.10. The minimum Gasteiger partial charge on any atom is -0.394 e. The number of ether oxygens (including phenoxy) is 1. The summed E-state index contributed by atoms with van der Waals surface area (Å²) in [6.07, 6.45) is -0.213. The second-order valence-corrected chi connectivity index (χ2v) is 5.58. The van der Waals surface area contributed by atoms with Crippen molar-refractivity contribution >= 4 is 28.6 Å². The van der Waals surface area contributed by atoms with E-state index >= 15 is 0 Å². The quantitative estimate of drug-likeness (QED) is 0.824. The second kappa shape index (κ2) is 7.40. The maximum Gasteiger partial charge on any atom is 0.252 e. The Kier molecular flexibility index (Phi) is 5.53. The molecule has 1 amide bonds. The monoisotopic (exact) mass is 297 g/mol. The van der Waals surface area contributed by atoms with Crippen molar-refractivity contribution in [3.63, 3.8) is 0 Å². The van der Waals surface area contributed by atoms with Crippen molar-refractivity contribution in [2.24, 2.45) is 0 Å². The Morgan fingerprint density at radius 2 is 2.32 bits per heavy atom. The molecule has 19 heavy (non-hydrogen) atoms. The second-order valence-electron chi connectivity index (χ2n) is 3.82. The van der Waals surface area contributed by atoms with Crippen LogP contribution in [-0.4, -0.2) is 30.8 Å². The molecule has 0 bridgehead atoms. The number of aliphatic hydroxyl groups is 1. The molecular weight excluding hydrogens is 282 g/mol. The summed E-state index contributed by atoms with van der Waals surface area (Å²) in [6, 6.07) is 5.69. The number of aliphatic hydroxyl groups excluding tert-OH is 1. The van der Waals surface area contributed by atoms with Crippen LogP contribution in [0.15, 0.2) is 34.3 Å². The molecule has 0 aliphatic heterocycles. The zero-order valence-corrected chi connectivity index (χ0v) is 11.9. The van der Waals surface area contributed by atoms with Crippen LogP contribution in [0.25, 0.3) is 0 Å². The van der Waals surface area contributed by atoms with Crippen molar-refractivity contribution in [1.29, 1.82) is 0 Å². The van der Waals surface area contributed by atoms with Crippen LogP contribution in [0.1, 0.15) is 21.3 Å². The van der Waals surface area contributed by atoms with Crippen LogP contribution in [0, 0.1) is 0 Å². The van der Waals surface area contributed by atoms with Crippen LogP contribution in [0.3, 0.4) is 0 Å². The topological polar surface area (TPSA) is 58.6 Å². The molecule has 2 aromatic rings. The molecule has 1 unspecified atom stereocenters. The number of carbonyl (C=O) groups is 1. The first kappa shape index (κ1) is 14.2. The van der Waals surface area contributed by atoms with Gasteiger partial charge in [-0.15, -0.1) is 11.3 Å². The molecule has 0 saturated heterocycles. The predicted octanol–water partition coefficient (Wildman–Crippen LogP) is 2.29. The van der Waals surface area contributed by atoms with Gasteiger partial charge in [-0.25, -0.2) is 0 Å². The highest BCUT2D eigenvalue weighted by Crippen LogP contribution is 2.22. The van der Waals surface area contributed by atoms with Crippen molar-refractivity contribution < 1.29 is 14.6 Å². The highest BCUT2D eigenvalue weighted by Gasteiger charge is 2.15. The predicted molar refractivity (Wildman–Crippen MR) is 76.8 cm³/mol. The van der Waals surface area contributed by atoms with Crippen molar-refractivity contribution in [1.82, 2.24) is 5.32 Å². The molecule has 0 aliphatic rings. The van der Waals surface area contributed by atoms with E-state index in [9.17, 15) is 4.79 Å². The van der Waals surface area contributed by atoms with Gasteiger partial charge >= 0.3 is 0 Å². The fourth-order valence-corrected chi connectivity index (χ4v) is 3.00. The molecule has 0 aromatic carbocycles. The summed E-state index contributed by atoms with van der Waals surface area (Å²) in [5.41, 5.74) is 0.664. The Bertz CT molecular complexity index is 482. The lowest BCUT2D eigenvalue weighted by Crippen LogP contribution is -2.29. The largest absolute Gasteiger partial charge is 0.394 e. The third kappa shape index (κ3) is 4.14. The van der Waals surface area contributed by atoms with Crippen LogP contribution in [0.2, 0.25) is 0 Å². The van der Waals surface area contributed by atoms with E-state index in [0.29, 0.717) is 12.1 Å². The van der Waals surface area contributed by atoms with Gasteiger partial charge in [-0.2, -0.15) is 11.3 Å². The van der Waals surface area contributed by atoms with E-state index in [0.717, 1.165) is 4.88 Å². The zero-order chi connectivity index (χ0) is 13.5. The van der Waals surface area contributed by atoms with Gasteiger partial charge < -0.3 is 15.2 Å². The number of amides is 1. The highest BCUT2D eigenvalue weighted by atomic mass is 32.1. The average molecular weight is 297 g/mol. The molecule has 0 aliphatic carbocycles. The molecular formula is C13H15NO3S2. The van der Waals surface area contributed by atoms with Gasteiger partial charge in [0.2, 0.25) is 0 Å². The first-order valence-electron chi connectivity index (χ1n) is 5.87. The Morgan fingerprint density at radius 1 is 1.42 bits per heavy atom. The lowest BCUT2D eigenvalue weighted by molar-refractivity contribution is 0.0296. The first-order valence-corrected chi connectivity index (χ1v) is 7.69. The summed E-state index contributed by atoms with van der Waals surface area (Å²) in [4.78, 5) is 12.9. The number of hydrogen-bond donors (Lipinski definition) is 2. The molecule has 102 valence electrons. The van der Waals surface area contributed by atoms with E-state index in [1.54, 1.807) is 17.4 Å². The van der Waals surface area contributed by atoms with E-state index < -0.39 is 0 Å². The maximum atomic E-state index is 11.8. The number of carbonyl (C=O) groups excluding carboxylic acids is 1. The Hall–Kier alpha value is -1.21. The minimum absolute atomic E-state index is 0.0274. The molecule has 4 nitrogen and oxygen atoms in total. The average Bonchev–Trinajstić information content (AvgIpc) is 3.11. The van der Waals surface area contributed by atoms with Gasteiger partial charge in [0, 0.05) is 22.4 Å². The van der Waals surface area contributed by atoms with E-state index in [4.69, 9.17) is 9.84 Å². The summed E-state index contributed by atoms with van der Waals surface area (Å²) >= 11 is 3.07. The molecule has 0 saturated carbocycles. The van der Waals surface area contributed by atoms with Gasteiger partial charge in [0.25, 0.3) is 5.91 Å². The normalized spacial score (nSPS) is 12.3. The van der Waals surface area contributed by atoms with E-state index in [2.05, 4.69) is 5.32 Å². The minimum atomic E-state index is -0.213. The molecule has 2 heterocycles. The van der Waals surface area contributed by atoms with E-state index in [-0.39, 0.29) is 25.2 Å². The molecule has 6 heteroatoms. The van der Waals surface area contributed by atoms with E-state index in [1.165, 1.54) is 11.3 Å². The molecule has 0 radical (unpaired) electrons. The van der Waals surface area contributed by atoms with Crippen molar-refractivity contribution in [2.75, 3.05) is 19.8 Å². The molecule has 1 atom stereocenters. The first-order chi connectivity index (χ1) is 9.31. The van der Waals surface area contributed by atoms with Gasteiger partial charge in [0.05, 0.1) is 13.2 Å². The third-order valence-corrected chi connectivity index (χ3v) is 4.15. The molecule has 2 aromatic heterocycles. The van der Waals surface area contributed by atoms with Crippen LogP contribution < -0.4 is 5.32 Å². The van der Waals surface area contributed by atoms with Gasteiger partial charge in [0.1, 0.15) is 6.10 Å².